The maximum absolute atomic E-state index is 12.5. The van der Waals surface area contributed by atoms with Crippen molar-refractivity contribution >= 4 is 0 Å². The SMILES string of the molecule is NCc1cn(C[C@@H]2O[C@H]3O[C@@H]4[C@@H](O)[C@H](O)[C@H](O[C@@H]5[C@@H](O)[C@H](O)[C@H](O[C@@H]6[C@@H](O)[C@@H](O)[C@H](O[C@@H]7[C@@H](O)[C@H](O)[C@H](O[C@@H]8[C@@H](O)[C@H](O)[C@H](O[C@@H]9[C@@H](O)[C@H](O)[C@H](O[C@@H]2[C@@H](O)[C@@H]3O)O[C@H]9Cn2cc(CN)nn2)O[C@H]8Cn2cc(CN)nn2)O[C@H]7Cn2cc(CN)nn2)O[C@H]6Cn2cc(CN)nn2)O[C@H]5Cn2cc(CN)nn2)O[C@H]4Cn2cc(CN)nn2)nn1. The van der Waals surface area contributed by atoms with Gasteiger partial charge in [0.25, 0.3) is 0 Å². The van der Waals surface area contributed by atoms with E-state index in [9.17, 15) is 71.5 Å². The van der Waals surface area contributed by atoms with Crippen molar-refractivity contribution in [2.75, 3.05) is 0 Å². The van der Waals surface area contributed by atoms with E-state index in [-0.39, 0.29) is 85.7 Å². The van der Waals surface area contributed by atoms with E-state index in [4.69, 9.17) is 106 Å². The van der Waals surface area contributed by atoms with Gasteiger partial charge in [0, 0.05) is 89.2 Å². The van der Waals surface area contributed by atoms with Gasteiger partial charge in [-0.1, -0.05) is 36.5 Å². The van der Waals surface area contributed by atoms with Gasteiger partial charge in [0.2, 0.25) is 0 Å². The van der Waals surface area contributed by atoms with Crippen LogP contribution in [0.1, 0.15) is 39.9 Å². The van der Waals surface area contributed by atoms with Gasteiger partial charge < -0.3 is 178 Å². The third kappa shape index (κ3) is 18.5. The second-order valence-corrected chi connectivity index (χ2v) is 29.8. The molecular weight excluding hydrogens is 1600 g/mol. The topological polar surface area (TPSA) is 810 Å². The molecule has 28 rings (SSSR count). The van der Waals surface area contributed by atoms with E-state index in [2.05, 4.69) is 72.2 Å². The van der Waals surface area contributed by atoms with Gasteiger partial charge >= 0.3 is 0 Å². The lowest BCUT2D eigenvalue weighted by Crippen LogP contribution is -2.68. The smallest absolute Gasteiger partial charge is 0.187 e. The zero-order chi connectivity index (χ0) is 83.9. The van der Waals surface area contributed by atoms with Gasteiger partial charge in [0.1, 0.15) is 171 Å². The first-order chi connectivity index (χ1) is 57.3. The van der Waals surface area contributed by atoms with Crippen molar-refractivity contribution in [3.63, 3.8) is 0 Å². The predicted octanol–water partition coefficient (Wildman–Crippen LogP) is -16.9. The summed E-state index contributed by atoms with van der Waals surface area (Å²) in [5.41, 5.74) is 43.4. The molecule has 0 radical (unpaired) electrons. The molecular formula is C63H98N28O28. The molecule has 0 unspecified atom stereocenters. The summed E-state index contributed by atoms with van der Waals surface area (Å²) in [6.07, 6.45) is -59.8. The molecule has 56 nitrogen and oxygen atoms in total. The lowest BCUT2D eigenvalue weighted by atomic mass is 9.94. The van der Waals surface area contributed by atoms with Crippen LogP contribution in [0.3, 0.4) is 0 Å². The minimum atomic E-state index is -2.24. The van der Waals surface area contributed by atoms with Crippen LogP contribution in [0.4, 0.5) is 0 Å². The largest absolute Gasteiger partial charge is 0.387 e. The summed E-state index contributed by atoms with van der Waals surface area (Å²) in [5.74, 6) is 0. The standard InChI is InChI=1S/C63H98N28O28/c64-1-22-8-85(78-71-22)15-29-50-36(92)43(99)57(106-29)114-51-30(16-86-9-23(2-65)72-79-86)108-59(45(101)38(51)94)116-53-32(18-88-11-25(4-67)74-81-88)110-61(47(103)40(53)96)118-55-34(20-90-13-27(6-69)76-83-90)112-63(49(105)42(55)98)119-56-35(21-91-14-28(7-70)77-84-91)111-62(48(104)41(56)97)117-54-33(19-89-12-26(5-68)75-82-89)109-60(46(102)39(54)95)115-52-31(17-87-10-24(3-66)73-80-87)107-58(113-50)44(100)37(52)93/h8-14,29-63,92-105H,1-7,15-21,64-70H2/t29-,30-,31-,32-,33-,34-,35-,36-,37-,38-,39-,40-,41-,42-,43-,44-,45-,46-,47-,48-,49+,50-,51-,52-,53-,54-,55-,56-,57-,58-,59-,60-,61-,62-,63-/m0/s1. The van der Waals surface area contributed by atoms with E-state index >= 15 is 0 Å². The van der Waals surface area contributed by atoms with Crippen molar-refractivity contribution < 1.29 is 138 Å². The second-order valence-electron chi connectivity index (χ2n) is 29.8. The average Bonchev–Trinajstić information content (AvgIpc) is 1.22. The molecule has 0 amide bonds. The molecule has 119 heavy (non-hydrogen) atoms. The zero-order valence-electron chi connectivity index (χ0n) is 63.1. The lowest BCUT2D eigenvalue weighted by Gasteiger charge is -2.50. The maximum atomic E-state index is 12.5. The molecule has 21 fully saturated rings. The first-order valence-electron chi connectivity index (χ1n) is 38.1. The summed E-state index contributed by atoms with van der Waals surface area (Å²) in [6, 6.07) is 0. The van der Waals surface area contributed by atoms with Crippen LogP contribution in [0.25, 0.3) is 0 Å². The first kappa shape index (κ1) is 86.5. The minimum Gasteiger partial charge on any atom is -0.387 e. The third-order valence-electron chi connectivity index (χ3n) is 21.7. The summed E-state index contributed by atoms with van der Waals surface area (Å²) in [5, 5.41) is 232. The Morgan fingerprint density at radius 2 is 0.311 bits per heavy atom. The number of hydrogen-bond acceptors (Lipinski definition) is 49. The minimum absolute atomic E-state index is 0.106. The number of aromatic nitrogens is 21. The Hall–Kier alpha value is -7.42. The Bertz CT molecular complexity index is 3630. The highest BCUT2D eigenvalue weighted by Crippen LogP contribution is 2.41. The van der Waals surface area contributed by atoms with E-state index in [0.717, 1.165) is 0 Å². The molecule has 28 heterocycles. The number of hydrogen-bond donors (Lipinski definition) is 21. The third-order valence-corrected chi connectivity index (χ3v) is 21.7. The lowest BCUT2D eigenvalue weighted by molar-refractivity contribution is -0.395. The highest BCUT2D eigenvalue weighted by Gasteiger charge is 2.61. The van der Waals surface area contributed by atoms with Gasteiger partial charge in [0.05, 0.1) is 85.7 Å². The molecule has 21 aliphatic rings. The Labute approximate surface area is 670 Å². The summed E-state index contributed by atoms with van der Waals surface area (Å²) < 4.78 is 99.1. The van der Waals surface area contributed by atoms with Crippen LogP contribution in [0.5, 0.6) is 0 Å². The van der Waals surface area contributed by atoms with Crippen molar-refractivity contribution in [1.29, 1.82) is 0 Å². The average molecular weight is 1700 g/mol. The van der Waals surface area contributed by atoms with E-state index in [1.54, 1.807) is 0 Å². The van der Waals surface area contributed by atoms with Gasteiger partial charge in [-0.15, -0.1) is 35.7 Å². The van der Waals surface area contributed by atoms with Gasteiger partial charge in [0.15, 0.2) is 44.0 Å². The Balaban J connectivity index is 0.816. The number of rotatable bonds is 21. The Kier molecular flexibility index (Phi) is 27.1. The van der Waals surface area contributed by atoms with E-state index in [1.165, 1.54) is 76.2 Å². The number of nitrogens with zero attached hydrogens (tertiary/aromatic N) is 21. The van der Waals surface area contributed by atoms with Gasteiger partial charge in [-0.2, -0.15) is 0 Å². The number of nitrogens with two attached hydrogens (primary N) is 7. The number of aliphatic hydroxyl groups excluding tert-OH is 14. The van der Waals surface area contributed by atoms with E-state index in [1.807, 2.05) is 0 Å². The Morgan fingerprint density at radius 3 is 0.412 bits per heavy atom. The van der Waals surface area contributed by atoms with Crippen LogP contribution in [0.15, 0.2) is 43.4 Å². The monoisotopic (exact) mass is 1690 g/mol. The van der Waals surface area contributed by atoms with Gasteiger partial charge in [-0.3, -0.25) is 0 Å². The molecule has 7 aromatic heterocycles. The molecule has 0 aliphatic carbocycles. The summed E-state index contributed by atoms with van der Waals surface area (Å²) in [7, 11) is 0. The molecule has 14 bridgehead atoms. The summed E-state index contributed by atoms with van der Waals surface area (Å²) in [4.78, 5) is 0. The summed E-state index contributed by atoms with van der Waals surface area (Å²) in [6.45, 7) is -3.90. The van der Waals surface area contributed by atoms with Gasteiger partial charge in [-0.25, -0.2) is 32.8 Å². The Morgan fingerprint density at radius 1 is 0.193 bits per heavy atom. The van der Waals surface area contributed by atoms with Crippen LogP contribution in [-0.4, -0.2) is 391 Å². The molecule has 21 aliphatic heterocycles. The fourth-order valence-electron chi connectivity index (χ4n) is 15.4. The first-order valence-corrected chi connectivity index (χ1v) is 38.1. The highest BCUT2D eigenvalue weighted by molar-refractivity contribution is 5.06. The molecule has 0 saturated carbocycles. The normalized spacial score (nSPS) is 40.1. The van der Waals surface area contributed by atoms with Crippen LogP contribution >= 0.6 is 0 Å². The second kappa shape index (κ2) is 37.3. The van der Waals surface area contributed by atoms with Crippen molar-refractivity contribution in [3.8, 4) is 0 Å². The fraction of sp³-hybridized carbons (Fsp3) is 0.778. The van der Waals surface area contributed by atoms with Crippen molar-refractivity contribution in [2.45, 2.75) is 307 Å². The molecule has 0 aromatic carbocycles. The molecule has 658 valence electrons. The molecule has 21 saturated heterocycles. The molecule has 56 heteroatoms. The highest BCUT2D eigenvalue weighted by atomic mass is 16.8. The zero-order valence-corrected chi connectivity index (χ0v) is 63.1. The fourth-order valence-corrected chi connectivity index (χ4v) is 15.4. The molecule has 7 aromatic rings. The molecule has 0 spiro atoms. The van der Waals surface area contributed by atoms with Crippen molar-refractivity contribution in [1.82, 2.24) is 105 Å². The number of aliphatic hydroxyl groups is 14. The van der Waals surface area contributed by atoms with Crippen molar-refractivity contribution in [3.05, 3.63) is 83.2 Å². The maximum Gasteiger partial charge on any atom is 0.187 e. The quantitative estimate of drug-likeness (QED) is 0.0318. The van der Waals surface area contributed by atoms with Crippen molar-refractivity contribution in [2.24, 2.45) is 40.1 Å². The van der Waals surface area contributed by atoms with Crippen LogP contribution in [0.2, 0.25) is 0 Å². The summed E-state index contributed by atoms with van der Waals surface area (Å²) >= 11 is 0. The van der Waals surface area contributed by atoms with E-state index < -0.39 is 261 Å². The molecule has 28 N–H and O–H groups in total. The molecule has 35 atom stereocenters. The predicted molar refractivity (Wildman–Crippen MR) is 374 cm³/mol. The van der Waals surface area contributed by atoms with Crippen LogP contribution in [0, 0.1) is 0 Å². The van der Waals surface area contributed by atoms with Crippen LogP contribution in [-0.2, 0) is 158 Å². The van der Waals surface area contributed by atoms with Gasteiger partial charge in [-0.05, 0) is 0 Å². The number of ether oxygens (including phenoxy) is 14. The van der Waals surface area contributed by atoms with E-state index in [0.29, 0.717) is 0 Å². The van der Waals surface area contributed by atoms with Crippen LogP contribution < -0.4 is 40.1 Å².